The fourth-order valence-corrected chi connectivity index (χ4v) is 11.2. The lowest BCUT2D eigenvalue weighted by atomic mass is 9.95. The van der Waals surface area contributed by atoms with Gasteiger partial charge in [-0.3, -0.25) is 62.5 Å². The average Bonchev–Trinajstić information content (AvgIpc) is 1.80. The summed E-state index contributed by atoms with van der Waals surface area (Å²) in [5.74, 6) is -13.9. The summed E-state index contributed by atoms with van der Waals surface area (Å²) in [5, 5.41) is 62.0. The first-order valence-electron chi connectivity index (χ1n) is 34.0. The lowest BCUT2D eigenvalue weighted by molar-refractivity contribution is -0.144. The summed E-state index contributed by atoms with van der Waals surface area (Å²) in [7, 11) is 0. The predicted molar refractivity (Wildman–Crippen MR) is 371 cm³/mol. The number of aliphatic imine (C=N–C) groups is 1. The van der Waals surface area contributed by atoms with Gasteiger partial charge in [-0.15, -0.1) is 0 Å². The second-order valence-corrected chi connectivity index (χ2v) is 25.5. The van der Waals surface area contributed by atoms with E-state index in [1.165, 1.54) is 4.90 Å². The van der Waals surface area contributed by atoms with E-state index in [2.05, 4.69) is 52.8 Å². The van der Waals surface area contributed by atoms with Crippen molar-refractivity contribution in [1.29, 1.82) is 0 Å². The fourth-order valence-electron chi connectivity index (χ4n) is 11.2. The monoisotopic (exact) mass is 1410 g/mol. The number of carbonyl (C=O) groups excluding carboxylic acids is 10. The van der Waals surface area contributed by atoms with Crippen LogP contribution in [0.15, 0.2) is 96.0 Å². The van der Waals surface area contributed by atoms with Crippen molar-refractivity contribution in [1.82, 2.24) is 52.8 Å². The maximum Gasteiger partial charge on any atom is 0.326 e. The Morgan fingerprint density at radius 3 is 1.40 bits per heavy atom. The van der Waals surface area contributed by atoms with Crippen molar-refractivity contribution in [3.05, 3.63) is 108 Å². The molecule has 0 bridgehead atoms. The minimum atomic E-state index is -1.65. The minimum absolute atomic E-state index is 0.0105. The highest BCUT2D eigenvalue weighted by atomic mass is 16.4. The number of nitrogens with two attached hydrogens (primary N) is 4. The summed E-state index contributed by atoms with van der Waals surface area (Å²) in [4.78, 5) is 184. The first-order valence-corrected chi connectivity index (χ1v) is 34.0. The van der Waals surface area contributed by atoms with Gasteiger partial charge < -0.3 is 96.1 Å². The van der Waals surface area contributed by atoms with Crippen LogP contribution in [0.5, 0.6) is 0 Å². The molecule has 4 rings (SSSR count). The third kappa shape index (κ3) is 29.3. The Labute approximate surface area is 586 Å². The molecule has 0 aliphatic carbocycles. The van der Waals surface area contributed by atoms with Crippen molar-refractivity contribution in [3.63, 3.8) is 0 Å². The number of nitrogens with one attached hydrogen (secondary N) is 9. The molecule has 0 saturated carbocycles. The molecule has 32 heteroatoms. The number of hydrogen-bond donors (Lipinski definition) is 17. The molecule has 1 heterocycles. The van der Waals surface area contributed by atoms with Crippen LogP contribution in [0.4, 0.5) is 0 Å². The number of likely N-dealkylation sites (tertiary alicyclic amines) is 1. The van der Waals surface area contributed by atoms with Crippen LogP contribution < -0.4 is 70.8 Å². The van der Waals surface area contributed by atoms with Gasteiger partial charge in [0.1, 0.15) is 66.5 Å². The maximum absolute atomic E-state index is 15.0. The Morgan fingerprint density at radius 1 is 0.515 bits per heavy atom. The molecule has 554 valence electrons. The lowest BCUT2D eigenvalue weighted by Gasteiger charge is -2.32. The number of aliphatic hydroxyl groups is 1. The molecule has 0 unspecified atom stereocenters. The summed E-state index contributed by atoms with van der Waals surface area (Å²) in [6.07, 6.45) is -1.14. The second kappa shape index (κ2) is 43.4. The molecular weight excluding hydrogens is 1310 g/mol. The van der Waals surface area contributed by atoms with Gasteiger partial charge in [0.15, 0.2) is 5.96 Å². The van der Waals surface area contributed by atoms with Crippen LogP contribution >= 0.6 is 0 Å². The van der Waals surface area contributed by atoms with Gasteiger partial charge in [0.2, 0.25) is 59.1 Å². The van der Waals surface area contributed by atoms with Crippen LogP contribution in [-0.4, -0.2) is 201 Å². The Bertz CT molecular complexity index is 3270. The Kier molecular flexibility index (Phi) is 35.9. The van der Waals surface area contributed by atoms with Crippen molar-refractivity contribution >= 4 is 82.9 Å². The van der Waals surface area contributed by atoms with E-state index >= 15 is 0 Å². The number of carboxylic acid groups (broad SMARTS) is 3. The first-order chi connectivity index (χ1) is 48.0. The lowest BCUT2D eigenvalue weighted by Crippen LogP contribution is -2.62. The van der Waals surface area contributed by atoms with Crippen LogP contribution in [0.1, 0.15) is 128 Å². The molecule has 10 amide bonds. The van der Waals surface area contributed by atoms with Gasteiger partial charge in [0.05, 0.1) is 6.61 Å². The standard InChI is InChI=1S/C69H101N15O17/c1-5-41(4)57(66(98)82-53(38-44-23-13-8-14-24-44)67(99)84-34-18-27-54(84)65(97)77-46(25-15-16-32-70)59(91)78-49(68(100)101)29-31-56(88)89)83-64(96)50(35-40(2)3)80-63(95)52(37-43-21-11-7-12-22-43)81-60(92)47(26-17-33-74-69(72)73)75-61(93)48(28-30-55(86)87)76-62(94)51(79-58(90)45(71)39-85)36-42-19-9-6-10-20-42/h6-14,19-24,40-41,45-54,57,85H,5,15-18,25-39,70-71H2,1-4H3,(H,75,93)(H,76,94)(H,77,97)(H,78,91)(H,79,90)(H,80,95)(H,81,92)(H,82,98)(H,83,96)(H,86,87)(H,88,89)(H,100,101)(H4,72,73,74)/t41-,45-,46-,47-,48-,49-,50-,51-,52-,53-,54-,57-/m0/s1. The predicted octanol–water partition coefficient (Wildman–Crippen LogP) is -1.52. The molecule has 3 aromatic rings. The molecule has 1 saturated heterocycles. The smallest absolute Gasteiger partial charge is 0.326 e. The van der Waals surface area contributed by atoms with Gasteiger partial charge in [-0.25, -0.2) is 4.79 Å². The van der Waals surface area contributed by atoms with Gasteiger partial charge in [0.25, 0.3) is 0 Å². The highest BCUT2D eigenvalue weighted by Crippen LogP contribution is 2.22. The SMILES string of the molecule is CC[C@H](C)[C@H](NC(=O)[C@H](CC(C)C)NC(=O)[C@H](Cc1ccccc1)NC(=O)[C@H](CCCN=C(N)N)NC(=O)[C@H](CCC(=O)O)NC(=O)[C@H](Cc1ccccc1)NC(=O)[C@@H](N)CO)C(=O)N[C@@H](Cc1ccccc1)C(=O)N1CCC[C@H]1C(=O)N[C@@H](CCCCN)C(=O)N[C@@H](CCC(=O)O)C(=O)O. The molecule has 12 atom stereocenters. The first kappa shape index (κ1) is 83.3. The number of unbranched alkanes of at least 4 members (excludes halogenated alkanes) is 1. The number of aliphatic carboxylic acids is 3. The van der Waals surface area contributed by atoms with Crippen molar-refractivity contribution in [2.45, 2.75) is 197 Å². The zero-order valence-corrected chi connectivity index (χ0v) is 57.6. The number of benzene rings is 3. The highest BCUT2D eigenvalue weighted by molar-refractivity contribution is 5.99. The zero-order valence-electron chi connectivity index (χ0n) is 57.6. The van der Waals surface area contributed by atoms with E-state index in [0.29, 0.717) is 42.4 Å². The summed E-state index contributed by atoms with van der Waals surface area (Å²) in [6.45, 7) is 6.52. The van der Waals surface area contributed by atoms with Crippen LogP contribution in [0.2, 0.25) is 0 Å². The quantitative estimate of drug-likeness (QED) is 0.0173. The van der Waals surface area contributed by atoms with Crippen molar-refractivity contribution in [3.8, 4) is 0 Å². The van der Waals surface area contributed by atoms with Crippen LogP contribution in [-0.2, 0) is 81.6 Å². The third-order valence-corrected chi connectivity index (χ3v) is 16.9. The molecule has 101 heavy (non-hydrogen) atoms. The molecule has 21 N–H and O–H groups in total. The van der Waals surface area contributed by atoms with Crippen LogP contribution in [0.3, 0.4) is 0 Å². The van der Waals surface area contributed by atoms with Crippen molar-refractivity contribution < 1.29 is 82.8 Å². The van der Waals surface area contributed by atoms with Crippen LogP contribution in [0, 0.1) is 11.8 Å². The molecular formula is C69H101N15O17. The molecule has 3 aromatic carbocycles. The molecule has 0 spiro atoms. The summed E-state index contributed by atoms with van der Waals surface area (Å²) >= 11 is 0. The number of guanidine groups is 1. The number of carboxylic acids is 3. The molecule has 1 fully saturated rings. The Balaban J connectivity index is 1.66. The molecule has 1 aliphatic rings. The van der Waals surface area contributed by atoms with E-state index in [1.807, 2.05) is 0 Å². The van der Waals surface area contributed by atoms with Gasteiger partial charge in [-0.1, -0.05) is 125 Å². The van der Waals surface area contributed by atoms with Gasteiger partial charge >= 0.3 is 17.9 Å². The van der Waals surface area contributed by atoms with E-state index in [-0.39, 0.29) is 82.9 Å². The van der Waals surface area contributed by atoms with Crippen molar-refractivity contribution in [2.24, 2.45) is 39.8 Å². The van der Waals surface area contributed by atoms with Gasteiger partial charge in [-0.2, -0.15) is 0 Å². The average molecular weight is 1410 g/mol. The normalized spacial score (nSPS) is 15.9. The zero-order chi connectivity index (χ0) is 74.7. The highest BCUT2D eigenvalue weighted by Gasteiger charge is 2.42. The van der Waals surface area contributed by atoms with E-state index < -0.39 is 182 Å². The largest absolute Gasteiger partial charge is 0.481 e. The Morgan fingerprint density at radius 2 is 0.931 bits per heavy atom. The number of nitrogens with zero attached hydrogens (tertiary/aromatic N) is 2. The van der Waals surface area contributed by atoms with Gasteiger partial charge in [-0.05, 0) is 99.3 Å². The molecule has 0 radical (unpaired) electrons. The maximum atomic E-state index is 15.0. The Hall–Kier alpha value is -10.1. The number of amides is 10. The molecule has 0 aromatic heterocycles. The van der Waals surface area contributed by atoms with E-state index in [0.717, 1.165) is 0 Å². The number of aliphatic hydroxyl groups excluding tert-OH is 1. The topological polar surface area (TPSA) is 531 Å². The number of hydrogen-bond acceptors (Lipinski definition) is 17. The van der Waals surface area contributed by atoms with Gasteiger partial charge in [0, 0.05) is 45.2 Å². The third-order valence-electron chi connectivity index (χ3n) is 16.9. The second-order valence-electron chi connectivity index (χ2n) is 25.5. The van der Waals surface area contributed by atoms with Crippen molar-refractivity contribution in [2.75, 3.05) is 26.2 Å². The molecule has 32 nitrogen and oxygen atoms in total. The number of carbonyl (C=O) groups is 13. The van der Waals surface area contributed by atoms with E-state index in [4.69, 9.17) is 22.9 Å². The summed E-state index contributed by atoms with van der Waals surface area (Å²) in [5.41, 5.74) is 24.4. The van der Waals surface area contributed by atoms with E-state index in [9.17, 15) is 82.8 Å². The summed E-state index contributed by atoms with van der Waals surface area (Å²) < 4.78 is 0. The minimum Gasteiger partial charge on any atom is -0.481 e. The molecule has 1 aliphatic heterocycles. The van der Waals surface area contributed by atoms with E-state index in [1.54, 1.807) is 119 Å². The number of rotatable bonds is 45. The van der Waals surface area contributed by atoms with Crippen LogP contribution in [0.25, 0.3) is 0 Å². The fraction of sp³-hybridized carbons (Fsp3) is 0.536. The summed E-state index contributed by atoms with van der Waals surface area (Å²) in [6, 6.07) is 9.90.